The summed E-state index contributed by atoms with van der Waals surface area (Å²) < 4.78 is 14.4. The number of carbonyl (C=O) groups excluding carboxylic acids is 4. The molecule has 0 unspecified atom stereocenters. The number of ether oxygens (including phenoxy) is 2. The molecule has 3 aliphatic heterocycles. The molecule has 0 spiro atoms. The number of hydrogen-bond donors (Lipinski definition) is 2. The summed E-state index contributed by atoms with van der Waals surface area (Å²) in [5.41, 5.74) is 10.8. The van der Waals surface area contributed by atoms with Crippen molar-refractivity contribution in [2.24, 2.45) is 5.41 Å². The minimum absolute atomic E-state index is 0. The summed E-state index contributed by atoms with van der Waals surface area (Å²) in [4.78, 5) is 62.8. The molecule has 16 heteroatoms. The summed E-state index contributed by atoms with van der Waals surface area (Å²) in [5.74, 6) is 4.66. The highest BCUT2D eigenvalue weighted by atomic mass is 32.1. The van der Waals surface area contributed by atoms with Crippen LogP contribution in [0.2, 0.25) is 0 Å². The van der Waals surface area contributed by atoms with Crippen molar-refractivity contribution in [3.05, 3.63) is 77.6 Å². The summed E-state index contributed by atoms with van der Waals surface area (Å²) in [6.45, 7) is 16.9. The minimum atomic E-state index is -0.922. The average Bonchev–Trinajstić information content (AvgIpc) is 3.56. The smallest absolute Gasteiger partial charge is 0.324 e. The molecule has 0 aliphatic carbocycles. The molecule has 2 N–H and O–H groups in total. The first kappa shape index (κ1) is 55.1. The molecule has 5 heterocycles. The lowest BCUT2D eigenvalue weighted by atomic mass is 9.83. The highest BCUT2D eigenvalue weighted by molar-refractivity contribution is 7.59. The molecule has 3 amide bonds. The van der Waals surface area contributed by atoms with Crippen molar-refractivity contribution in [1.82, 2.24) is 35.1 Å². The van der Waals surface area contributed by atoms with Gasteiger partial charge in [-0.1, -0.05) is 63.9 Å². The number of pyridine rings is 1. The van der Waals surface area contributed by atoms with E-state index in [1.165, 1.54) is 10.6 Å². The largest absolute Gasteiger partial charge is 0.464 e. The third kappa shape index (κ3) is 12.8. The maximum absolute atomic E-state index is 14.4. The molecule has 0 radical (unpaired) electrons. The van der Waals surface area contributed by atoms with Crippen molar-refractivity contribution in [1.29, 1.82) is 0 Å². The van der Waals surface area contributed by atoms with E-state index in [9.17, 15) is 19.2 Å². The Morgan fingerprint density at radius 2 is 1.78 bits per heavy atom. The average molecular weight is 974 g/mol. The van der Waals surface area contributed by atoms with Crippen LogP contribution in [0.4, 0.5) is 0 Å². The molecule has 6 bridgehead atoms. The zero-order chi connectivity index (χ0) is 45.9. The fourth-order valence-electron chi connectivity index (χ4n) is 8.70. The van der Waals surface area contributed by atoms with Gasteiger partial charge in [-0.05, 0) is 112 Å². The molecule has 2 atom stereocenters. The molecule has 2 fully saturated rings. The van der Waals surface area contributed by atoms with Gasteiger partial charge in [-0.2, -0.15) is 40.5 Å². The Balaban J connectivity index is 0.00000327. The maximum Gasteiger partial charge on any atom is 0.324 e. The van der Waals surface area contributed by atoms with Crippen LogP contribution in [-0.2, 0) is 48.0 Å². The number of hydrazine groups is 1. The SMILES string of the molecule is CCn1c(-c2cccnc2C(C)C)c2c3cc(ccc31)-c1cccc(c1)C[C@H](NC(=O)CCOC1CN(C(=O)C#CC(C)(C)N(C)C)C1)C(=O)N1CCC[C@H](N1)C(=O)OCC(C)(C)C2.S.S.S. The van der Waals surface area contributed by atoms with Crippen LogP contribution in [0.25, 0.3) is 33.3 Å². The number of nitrogens with one attached hydrogen (secondary N) is 2. The van der Waals surface area contributed by atoms with Crippen LogP contribution < -0.4 is 10.7 Å². The molecule has 4 aromatic rings. The number of aromatic nitrogens is 2. The van der Waals surface area contributed by atoms with E-state index in [0.29, 0.717) is 38.9 Å². The first-order valence-electron chi connectivity index (χ1n) is 22.8. The Morgan fingerprint density at radius 1 is 1.04 bits per heavy atom. The zero-order valence-electron chi connectivity index (χ0n) is 40.5. The standard InChI is InChI=1S/C51H65N7O6.3H2S/c1-10-57-43-19-18-36-28-39(43)40(47(57)38-16-12-23-52-46(38)33(2)3)29-50(4,5)32-64-49(62)41-17-13-24-58(54-41)48(61)42(27-34-14-11-15-35(36)26-34)53-44(59)21-25-63-37-30-56(31-37)45(60)20-22-51(6,7)55(8)9;;;/h11-12,14-16,18-19,23,26,28,33,37,41-42,54H,10,13,17,21,24-25,27,29-32H2,1-9H3,(H,53,59);3*1H2/t41-,42-;;;/m0.../s1. The summed E-state index contributed by atoms with van der Waals surface area (Å²) >= 11 is 0. The monoisotopic (exact) mass is 973 g/mol. The number of carbonyl (C=O) groups is 4. The van der Waals surface area contributed by atoms with Gasteiger partial charge in [0.15, 0.2) is 0 Å². The van der Waals surface area contributed by atoms with Crippen molar-refractivity contribution in [3.8, 4) is 34.2 Å². The predicted molar refractivity (Wildman–Crippen MR) is 280 cm³/mol. The van der Waals surface area contributed by atoms with E-state index in [4.69, 9.17) is 14.5 Å². The molecule has 2 aromatic heterocycles. The topological polar surface area (TPSA) is 138 Å². The van der Waals surface area contributed by atoms with Gasteiger partial charge in [0.2, 0.25) is 5.91 Å². The number of fused-ring (bicyclic) bond motifs is 6. The van der Waals surface area contributed by atoms with E-state index in [1.54, 1.807) is 4.90 Å². The quantitative estimate of drug-likeness (QED) is 0.143. The second-order valence-electron chi connectivity index (χ2n) is 19.3. The van der Waals surface area contributed by atoms with Crippen LogP contribution in [0.5, 0.6) is 0 Å². The van der Waals surface area contributed by atoms with Gasteiger partial charge in [0.25, 0.3) is 11.8 Å². The number of rotatable bonds is 9. The second-order valence-corrected chi connectivity index (χ2v) is 19.3. The van der Waals surface area contributed by atoms with Crippen molar-refractivity contribution in [2.45, 2.75) is 117 Å². The van der Waals surface area contributed by atoms with Gasteiger partial charge in [-0.3, -0.25) is 34.1 Å². The van der Waals surface area contributed by atoms with E-state index >= 15 is 0 Å². The van der Waals surface area contributed by atoms with Gasteiger partial charge in [0.05, 0.1) is 36.2 Å². The summed E-state index contributed by atoms with van der Waals surface area (Å²) in [5, 5.41) is 5.60. The van der Waals surface area contributed by atoms with Crippen LogP contribution in [0.15, 0.2) is 60.8 Å². The van der Waals surface area contributed by atoms with Gasteiger partial charge >= 0.3 is 5.97 Å². The number of likely N-dealkylation sites (tertiary alicyclic amines) is 1. The van der Waals surface area contributed by atoms with E-state index in [-0.39, 0.29) is 96.3 Å². The van der Waals surface area contributed by atoms with Crippen LogP contribution in [0.1, 0.15) is 90.5 Å². The minimum Gasteiger partial charge on any atom is -0.464 e. The summed E-state index contributed by atoms with van der Waals surface area (Å²) in [7, 11) is 3.84. The number of esters is 1. The number of nitrogens with zero attached hydrogens (tertiary/aromatic N) is 5. The molecule has 3 aliphatic rings. The normalized spacial score (nSPS) is 18.6. The first-order chi connectivity index (χ1) is 30.4. The Bertz CT molecular complexity index is 2470. The highest BCUT2D eigenvalue weighted by Gasteiger charge is 2.36. The number of cyclic esters (lactones) is 1. The van der Waals surface area contributed by atoms with Crippen LogP contribution in [-0.4, -0.2) is 119 Å². The lowest BCUT2D eigenvalue weighted by molar-refractivity contribution is -0.155. The second kappa shape index (κ2) is 23.2. The molecule has 364 valence electrons. The maximum atomic E-state index is 14.4. The molecule has 67 heavy (non-hydrogen) atoms. The third-order valence-electron chi connectivity index (χ3n) is 12.9. The number of aryl methyl sites for hydroxylation is 1. The Kier molecular flexibility index (Phi) is 19.1. The first-order valence-corrected chi connectivity index (χ1v) is 22.8. The van der Waals surface area contributed by atoms with Gasteiger partial charge in [0, 0.05) is 67.1 Å². The van der Waals surface area contributed by atoms with Gasteiger partial charge < -0.3 is 24.3 Å². The Labute approximate surface area is 417 Å². The molecule has 0 saturated carbocycles. The molecular formula is C51H71N7O6S3. The molecule has 13 nitrogen and oxygen atoms in total. The third-order valence-corrected chi connectivity index (χ3v) is 12.9. The van der Waals surface area contributed by atoms with Crippen LogP contribution >= 0.6 is 40.5 Å². The number of amides is 3. The van der Waals surface area contributed by atoms with Crippen molar-refractivity contribution >= 4 is 75.1 Å². The van der Waals surface area contributed by atoms with Crippen LogP contribution in [0, 0.1) is 17.3 Å². The Morgan fingerprint density at radius 3 is 2.48 bits per heavy atom. The molecular weight excluding hydrogens is 903 g/mol. The Hall–Kier alpha value is -4.50. The summed E-state index contributed by atoms with van der Waals surface area (Å²) in [6.07, 6.45) is 3.68. The van der Waals surface area contributed by atoms with Crippen molar-refractivity contribution in [2.75, 3.05) is 46.9 Å². The van der Waals surface area contributed by atoms with Gasteiger partial charge in [-0.15, -0.1) is 0 Å². The molecule has 7 rings (SSSR count). The number of benzene rings is 2. The van der Waals surface area contributed by atoms with E-state index in [0.717, 1.165) is 51.1 Å². The van der Waals surface area contributed by atoms with E-state index in [1.807, 2.05) is 57.2 Å². The lowest BCUT2D eigenvalue weighted by Crippen LogP contribution is -2.60. The molecule has 2 saturated heterocycles. The van der Waals surface area contributed by atoms with Crippen molar-refractivity contribution < 1.29 is 28.7 Å². The van der Waals surface area contributed by atoms with Gasteiger partial charge in [-0.25, -0.2) is 5.43 Å². The van der Waals surface area contributed by atoms with Crippen molar-refractivity contribution in [3.63, 3.8) is 0 Å². The van der Waals surface area contributed by atoms with Crippen LogP contribution in [0.3, 0.4) is 0 Å². The zero-order valence-corrected chi connectivity index (χ0v) is 43.5. The fraction of sp³-hybridized carbons (Fsp3) is 0.510. The van der Waals surface area contributed by atoms with E-state index in [2.05, 4.69) is 98.2 Å². The van der Waals surface area contributed by atoms with Gasteiger partial charge in [0.1, 0.15) is 12.1 Å². The summed E-state index contributed by atoms with van der Waals surface area (Å²) in [6, 6.07) is 17.3. The van der Waals surface area contributed by atoms with E-state index < -0.39 is 29.0 Å². The fourth-order valence-corrected chi connectivity index (χ4v) is 8.70. The lowest BCUT2D eigenvalue weighted by Gasteiger charge is -2.37. The molecule has 2 aromatic carbocycles. The highest BCUT2D eigenvalue weighted by Crippen LogP contribution is 2.42. The predicted octanol–water partition coefficient (Wildman–Crippen LogP) is 6.46. The number of hydrogen-bond acceptors (Lipinski definition) is 9.